The van der Waals surface area contributed by atoms with Crippen LogP contribution in [0, 0.1) is 5.92 Å². The van der Waals surface area contributed by atoms with E-state index in [9.17, 15) is 4.79 Å². The summed E-state index contributed by atoms with van der Waals surface area (Å²) in [6, 6.07) is 5.62. The number of amides is 1. The molecule has 0 saturated heterocycles. The van der Waals surface area contributed by atoms with E-state index in [4.69, 9.17) is 28.9 Å². The van der Waals surface area contributed by atoms with E-state index in [0.717, 1.165) is 24.8 Å². The third-order valence-electron chi connectivity index (χ3n) is 3.45. The Balaban J connectivity index is 2.29. The number of hydrogen-bond acceptors (Lipinski definition) is 2. The van der Waals surface area contributed by atoms with Gasteiger partial charge in [-0.15, -0.1) is 0 Å². The number of rotatable bonds is 8. The maximum Gasteiger partial charge on any atom is 0.222 e. The van der Waals surface area contributed by atoms with Gasteiger partial charge >= 0.3 is 0 Å². The summed E-state index contributed by atoms with van der Waals surface area (Å²) < 4.78 is 0. The Kier molecular flexibility index (Phi) is 8.09. The molecule has 0 aliphatic carbocycles. The van der Waals surface area contributed by atoms with Gasteiger partial charge in [0.2, 0.25) is 5.91 Å². The van der Waals surface area contributed by atoms with Gasteiger partial charge in [-0.25, -0.2) is 0 Å². The molecule has 1 amide bonds. The number of carbonyl (C=O) groups excluding carboxylic acids is 1. The Bertz CT molecular complexity index is 464. The van der Waals surface area contributed by atoms with Gasteiger partial charge in [-0.05, 0) is 43.9 Å². The van der Waals surface area contributed by atoms with Crippen molar-refractivity contribution in [3.63, 3.8) is 0 Å². The van der Waals surface area contributed by atoms with Crippen LogP contribution in [-0.4, -0.2) is 18.5 Å². The lowest BCUT2D eigenvalue weighted by Crippen LogP contribution is -2.31. The molecule has 118 valence electrons. The average Bonchev–Trinajstić information content (AvgIpc) is 2.40. The molecule has 0 fully saturated rings. The summed E-state index contributed by atoms with van der Waals surface area (Å²) in [5.41, 5.74) is 6.69. The predicted octanol–water partition coefficient (Wildman–Crippen LogP) is 3.81. The third kappa shape index (κ3) is 7.16. The van der Waals surface area contributed by atoms with Gasteiger partial charge in [-0.3, -0.25) is 4.79 Å². The molecule has 0 saturated carbocycles. The molecule has 0 radical (unpaired) electrons. The normalized spacial score (nSPS) is 13.8. The highest BCUT2D eigenvalue weighted by Crippen LogP contribution is 2.21. The number of hydrogen-bond donors (Lipinski definition) is 2. The minimum atomic E-state index is 0.0180. The molecule has 0 bridgehead atoms. The first-order valence-corrected chi connectivity index (χ1v) is 8.13. The Morgan fingerprint density at radius 2 is 2.00 bits per heavy atom. The van der Waals surface area contributed by atoms with Crippen LogP contribution in [0.2, 0.25) is 10.0 Å². The summed E-state index contributed by atoms with van der Waals surface area (Å²) in [5, 5.41) is 4.21. The average molecular weight is 331 g/mol. The second kappa shape index (κ2) is 9.29. The Morgan fingerprint density at radius 3 is 2.62 bits per heavy atom. The van der Waals surface area contributed by atoms with Crippen molar-refractivity contribution in [2.45, 2.75) is 45.6 Å². The highest BCUT2D eigenvalue weighted by Gasteiger charge is 2.12. The van der Waals surface area contributed by atoms with Gasteiger partial charge in [0.15, 0.2) is 0 Å². The SMILES string of the molecule is CC(N)CCCC(C)C(=O)NCCc1ccc(Cl)cc1Cl. The van der Waals surface area contributed by atoms with Crippen molar-refractivity contribution in [3.8, 4) is 0 Å². The van der Waals surface area contributed by atoms with Gasteiger partial charge < -0.3 is 11.1 Å². The van der Waals surface area contributed by atoms with Gasteiger partial charge in [-0.2, -0.15) is 0 Å². The summed E-state index contributed by atoms with van der Waals surface area (Å²) in [6.07, 6.45) is 3.51. The topological polar surface area (TPSA) is 55.1 Å². The molecule has 5 heteroatoms. The zero-order valence-corrected chi connectivity index (χ0v) is 14.2. The Hall–Kier alpha value is -0.770. The number of carbonyl (C=O) groups is 1. The van der Waals surface area contributed by atoms with E-state index in [1.807, 2.05) is 19.9 Å². The smallest absolute Gasteiger partial charge is 0.222 e. The molecule has 3 N–H and O–H groups in total. The molecule has 2 unspecified atom stereocenters. The van der Waals surface area contributed by atoms with E-state index in [0.29, 0.717) is 23.0 Å². The fourth-order valence-electron chi connectivity index (χ4n) is 2.10. The van der Waals surface area contributed by atoms with Crippen LogP contribution < -0.4 is 11.1 Å². The van der Waals surface area contributed by atoms with Crippen molar-refractivity contribution >= 4 is 29.1 Å². The highest BCUT2D eigenvalue weighted by atomic mass is 35.5. The maximum atomic E-state index is 12.0. The van der Waals surface area contributed by atoms with Crippen LogP contribution in [-0.2, 0) is 11.2 Å². The minimum Gasteiger partial charge on any atom is -0.356 e. The van der Waals surface area contributed by atoms with Crippen LogP contribution >= 0.6 is 23.2 Å². The molecular formula is C16H24Cl2N2O. The highest BCUT2D eigenvalue weighted by molar-refractivity contribution is 6.35. The first kappa shape index (κ1) is 18.3. The number of halogens is 2. The first-order valence-electron chi connectivity index (χ1n) is 7.37. The number of benzene rings is 1. The van der Waals surface area contributed by atoms with Crippen molar-refractivity contribution in [1.29, 1.82) is 0 Å². The predicted molar refractivity (Wildman–Crippen MR) is 89.8 cm³/mol. The molecule has 0 aliphatic heterocycles. The van der Waals surface area contributed by atoms with Gasteiger partial charge in [0.25, 0.3) is 0 Å². The summed E-state index contributed by atoms with van der Waals surface area (Å²) in [7, 11) is 0. The van der Waals surface area contributed by atoms with Crippen LogP contribution in [0.25, 0.3) is 0 Å². The van der Waals surface area contributed by atoms with E-state index >= 15 is 0 Å². The summed E-state index contributed by atoms with van der Waals surface area (Å²) in [4.78, 5) is 12.0. The van der Waals surface area contributed by atoms with E-state index in [2.05, 4.69) is 5.32 Å². The lowest BCUT2D eigenvalue weighted by molar-refractivity contribution is -0.124. The maximum absolute atomic E-state index is 12.0. The van der Waals surface area contributed by atoms with Crippen LogP contribution in [0.3, 0.4) is 0 Å². The van der Waals surface area contributed by atoms with Gasteiger partial charge in [-0.1, -0.05) is 42.6 Å². The Morgan fingerprint density at radius 1 is 1.29 bits per heavy atom. The molecule has 21 heavy (non-hydrogen) atoms. The van der Waals surface area contributed by atoms with E-state index in [1.165, 1.54) is 0 Å². The molecule has 1 aromatic carbocycles. The summed E-state index contributed by atoms with van der Waals surface area (Å²) >= 11 is 11.9. The van der Waals surface area contributed by atoms with Crippen molar-refractivity contribution in [2.75, 3.05) is 6.54 Å². The molecule has 2 atom stereocenters. The third-order valence-corrected chi connectivity index (χ3v) is 4.04. The largest absolute Gasteiger partial charge is 0.356 e. The number of nitrogens with two attached hydrogens (primary N) is 1. The van der Waals surface area contributed by atoms with Crippen molar-refractivity contribution in [1.82, 2.24) is 5.32 Å². The van der Waals surface area contributed by atoms with Crippen LogP contribution in [0.5, 0.6) is 0 Å². The molecule has 0 aromatic heterocycles. The standard InChI is InChI=1S/C16H24Cl2N2O/c1-11(4-3-5-12(2)19)16(21)20-9-8-13-6-7-14(17)10-15(13)18/h6-7,10-12H,3-5,8-9,19H2,1-2H3,(H,20,21). The second-order valence-corrected chi connectivity index (χ2v) is 6.43. The second-order valence-electron chi connectivity index (χ2n) is 5.59. The summed E-state index contributed by atoms with van der Waals surface area (Å²) in [6.45, 7) is 4.52. The monoisotopic (exact) mass is 330 g/mol. The van der Waals surface area contributed by atoms with E-state index < -0.39 is 0 Å². The Labute approximate surface area is 137 Å². The minimum absolute atomic E-state index is 0.0180. The lowest BCUT2D eigenvalue weighted by atomic mass is 10.0. The quantitative estimate of drug-likeness (QED) is 0.761. The lowest BCUT2D eigenvalue weighted by Gasteiger charge is -2.13. The van der Waals surface area contributed by atoms with Crippen LogP contribution in [0.15, 0.2) is 18.2 Å². The zero-order valence-electron chi connectivity index (χ0n) is 12.7. The van der Waals surface area contributed by atoms with Gasteiger partial charge in [0.1, 0.15) is 0 Å². The van der Waals surface area contributed by atoms with Crippen molar-refractivity contribution in [2.24, 2.45) is 11.7 Å². The molecular weight excluding hydrogens is 307 g/mol. The van der Waals surface area contributed by atoms with E-state index in [1.54, 1.807) is 12.1 Å². The molecule has 1 rings (SSSR count). The molecule has 0 heterocycles. The van der Waals surface area contributed by atoms with Crippen molar-refractivity contribution in [3.05, 3.63) is 33.8 Å². The number of nitrogens with one attached hydrogen (secondary N) is 1. The zero-order chi connectivity index (χ0) is 15.8. The van der Waals surface area contributed by atoms with E-state index in [-0.39, 0.29) is 17.9 Å². The van der Waals surface area contributed by atoms with Crippen molar-refractivity contribution < 1.29 is 4.79 Å². The molecule has 1 aromatic rings. The molecule has 0 spiro atoms. The molecule has 3 nitrogen and oxygen atoms in total. The summed E-state index contributed by atoms with van der Waals surface area (Å²) in [5.74, 6) is 0.106. The molecule has 0 aliphatic rings. The van der Waals surface area contributed by atoms with Gasteiger partial charge in [0, 0.05) is 28.5 Å². The van der Waals surface area contributed by atoms with Crippen LogP contribution in [0.1, 0.15) is 38.7 Å². The first-order chi connectivity index (χ1) is 9.90. The fraction of sp³-hybridized carbons (Fsp3) is 0.562. The van der Waals surface area contributed by atoms with Gasteiger partial charge in [0.05, 0.1) is 0 Å². The fourth-order valence-corrected chi connectivity index (χ4v) is 2.60. The van der Waals surface area contributed by atoms with Crippen LogP contribution in [0.4, 0.5) is 0 Å².